The molecule has 0 fully saturated rings. The first-order valence-electron chi connectivity index (χ1n) is 4.38. The number of carboxylic acid groups (broad SMARTS) is 1. The van der Waals surface area contributed by atoms with Crippen LogP contribution in [0.4, 0.5) is 0 Å². The van der Waals surface area contributed by atoms with Crippen LogP contribution in [0, 0.1) is 0 Å². The molecule has 1 aromatic rings. The smallest absolute Gasteiger partial charge is 0.307 e. The molecule has 1 aliphatic rings. The minimum Gasteiger partial charge on any atom is -0.481 e. The number of hydrogen-bond acceptors (Lipinski definition) is 3. The number of aliphatic carboxylic acids is 1. The van der Waals surface area contributed by atoms with Crippen LogP contribution in [0.5, 0.6) is 0 Å². The van der Waals surface area contributed by atoms with Gasteiger partial charge in [0.05, 0.1) is 11.3 Å². The molecule has 84 valence electrons. The van der Waals surface area contributed by atoms with Crippen molar-refractivity contribution in [2.45, 2.75) is 11.3 Å². The van der Waals surface area contributed by atoms with Crippen LogP contribution in [0.2, 0.25) is 0 Å². The van der Waals surface area contributed by atoms with E-state index >= 15 is 0 Å². The standard InChI is InChI=1S/C10H7BrO4S/c11-8-3-1-2-7-6(4-9(12)13)5-16(14,15)10(7)8/h1-3,5H,4H2,(H,12,13). The molecule has 0 spiro atoms. The van der Waals surface area contributed by atoms with Crippen LogP contribution in [-0.4, -0.2) is 19.5 Å². The van der Waals surface area contributed by atoms with Crippen molar-refractivity contribution < 1.29 is 18.3 Å². The van der Waals surface area contributed by atoms with Crippen LogP contribution < -0.4 is 0 Å². The maximum absolute atomic E-state index is 11.8. The van der Waals surface area contributed by atoms with E-state index in [1.807, 2.05) is 0 Å². The molecule has 0 atom stereocenters. The number of fused-ring (bicyclic) bond motifs is 1. The van der Waals surface area contributed by atoms with Crippen molar-refractivity contribution in [1.82, 2.24) is 0 Å². The Morgan fingerprint density at radius 1 is 1.38 bits per heavy atom. The lowest BCUT2D eigenvalue weighted by Crippen LogP contribution is -1.96. The van der Waals surface area contributed by atoms with E-state index in [4.69, 9.17) is 5.11 Å². The lowest BCUT2D eigenvalue weighted by Gasteiger charge is -2.03. The Hall–Kier alpha value is -1.14. The Balaban J connectivity index is 2.65. The third kappa shape index (κ3) is 1.78. The molecule has 6 heteroatoms. The lowest BCUT2D eigenvalue weighted by atomic mass is 10.1. The van der Waals surface area contributed by atoms with Crippen molar-refractivity contribution in [3.05, 3.63) is 33.6 Å². The van der Waals surface area contributed by atoms with Gasteiger partial charge in [-0.3, -0.25) is 4.79 Å². The molecule has 1 aromatic carbocycles. The van der Waals surface area contributed by atoms with E-state index in [-0.39, 0.29) is 11.3 Å². The van der Waals surface area contributed by atoms with Gasteiger partial charge in [-0.05, 0) is 33.1 Å². The van der Waals surface area contributed by atoms with E-state index in [0.29, 0.717) is 15.6 Å². The zero-order valence-electron chi connectivity index (χ0n) is 7.97. The number of benzene rings is 1. The summed E-state index contributed by atoms with van der Waals surface area (Å²) >= 11 is 3.16. The highest BCUT2D eigenvalue weighted by Gasteiger charge is 2.29. The van der Waals surface area contributed by atoms with Gasteiger partial charge in [-0.2, -0.15) is 0 Å². The molecule has 0 aliphatic carbocycles. The van der Waals surface area contributed by atoms with Gasteiger partial charge in [0, 0.05) is 9.88 Å². The molecule has 0 bridgehead atoms. The van der Waals surface area contributed by atoms with Gasteiger partial charge in [-0.25, -0.2) is 8.42 Å². The molecule has 0 saturated heterocycles. The second-order valence-electron chi connectivity index (χ2n) is 3.38. The zero-order chi connectivity index (χ0) is 11.9. The summed E-state index contributed by atoms with van der Waals surface area (Å²) < 4.78 is 24.0. The van der Waals surface area contributed by atoms with Crippen molar-refractivity contribution in [3.63, 3.8) is 0 Å². The Morgan fingerprint density at radius 2 is 2.06 bits per heavy atom. The molecule has 1 N–H and O–H groups in total. The fourth-order valence-electron chi connectivity index (χ4n) is 1.66. The molecule has 1 heterocycles. The number of carboxylic acids is 1. The summed E-state index contributed by atoms with van der Waals surface area (Å²) in [7, 11) is -3.50. The first kappa shape index (κ1) is 11.3. The fourth-order valence-corrected chi connectivity index (χ4v) is 4.25. The van der Waals surface area contributed by atoms with Crippen molar-refractivity contribution >= 4 is 37.3 Å². The molecule has 0 saturated carbocycles. The number of carbonyl (C=O) groups is 1. The molecule has 0 amide bonds. The summed E-state index contributed by atoms with van der Waals surface area (Å²) in [4.78, 5) is 10.8. The van der Waals surface area contributed by atoms with E-state index in [1.54, 1.807) is 18.2 Å². The van der Waals surface area contributed by atoms with Crippen LogP contribution in [-0.2, 0) is 14.6 Å². The van der Waals surface area contributed by atoms with Crippen LogP contribution in [0.25, 0.3) is 5.57 Å². The molecule has 0 radical (unpaired) electrons. The van der Waals surface area contributed by atoms with Crippen LogP contribution in [0.3, 0.4) is 0 Å². The van der Waals surface area contributed by atoms with Gasteiger partial charge in [0.2, 0.25) is 9.84 Å². The molecule has 1 aliphatic heterocycles. The van der Waals surface area contributed by atoms with Crippen molar-refractivity contribution in [1.29, 1.82) is 0 Å². The lowest BCUT2D eigenvalue weighted by molar-refractivity contribution is -0.135. The molecule has 0 unspecified atom stereocenters. The largest absolute Gasteiger partial charge is 0.481 e. The number of sulfone groups is 1. The SMILES string of the molecule is O=C(O)CC1=CS(=O)(=O)c2c(Br)cccc21. The molecule has 2 rings (SSSR count). The van der Waals surface area contributed by atoms with Gasteiger partial charge in [0.25, 0.3) is 0 Å². The topological polar surface area (TPSA) is 71.4 Å². The van der Waals surface area contributed by atoms with Crippen LogP contribution in [0.15, 0.2) is 33.0 Å². The van der Waals surface area contributed by atoms with E-state index in [2.05, 4.69) is 15.9 Å². The maximum Gasteiger partial charge on any atom is 0.307 e. The third-order valence-corrected chi connectivity index (χ3v) is 4.76. The van der Waals surface area contributed by atoms with Gasteiger partial charge < -0.3 is 5.11 Å². The van der Waals surface area contributed by atoms with Crippen LogP contribution >= 0.6 is 15.9 Å². The van der Waals surface area contributed by atoms with Crippen molar-refractivity contribution in [2.24, 2.45) is 0 Å². The van der Waals surface area contributed by atoms with E-state index < -0.39 is 15.8 Å². The van der Waals surface area contributed by atoms with Gasteiger partial charge in [-0.1, -0.05) is 12.1 Å². The minimum absolute atomic E-state index is 0.159. The van der Waals surface area contributed by atoms with E-state index in [9.17, 15) is 13.2 Å². The van der Waals surface area contributed by atoms with E-state index in [1.165, 1.54) is 0 Å². The highest BCUT2D eigenvalue weighted by Crippen LogP contribution is 2.39. The zero-order valence-corrected chi connectivity index (χ0v) is 10.4. The molecular weight excluding hydrogens is 296 g/mol. The predicted octanol–water partition coefficient (Wildman–Crippen LogP) is 2.05. The summed E-state index contributed by atoms with van der Waals surface area (Å²) in [5.41, 5.74) is 0.792. The number of rotatable bonds is 2. The summed E-state index contributed by atoms with van der Waals surface area (Å²) in [5, 5.41) is 9.72. The number of halogens is 1. The van der Waals surface area contributed by atoms with Crippen molar-refractivity contribution in [3.8, 4) is 0 Å². The predicted molar refractivity (Wildman–Crippen MR) is 61.6 cm³/mol. The third-order valence-electron chi connectivity index (χ3n) is 2.24. The van der Waals surface area contributed by atoms with Crippen LogP contribution in [0.1, 0.15) is 12.0 Å². The average Bonchev–Trinajstić information content (AvgIpc) is 2.38. The molecule has 0 aromatic heterocycles. The molecule has 4 nitrogen and oxygen atoms in total. The van der Waals surface area contributed by atoms with Gasteiger partial charge >= 0.3 is 5.97 Å². The maximum atomic E-state index is 11.8. The summed E-state index contributed by atoms with van der Waals surface area (Å²) in [6, 6.07) is 4.91. The van der Waals surface area contributed by atoms with Gasteiger partial charge in [0.1, 0.15) is 0 Å². The first-order valence-corrected chi connectivity index (χ1v) is 6.72. The Kier molecular flexibility index (Phi) is 2.63. The second kappa shape index (κ2) is 3.71. The highest BCUT2D eigenvalue weighted by molar-refractivity contribution is 9.10. The monoisotopic (exact) mass is 302 g/mol. The minimum atomic E-state index is -3.50. The highest BCUT2D eigenvalue weighted by atomic mass is 79.9. The van der Waals surface area contributed by atoms with Gasteiger partial charge in [-0.15, -0.1) is 0 Å². The molecule has 16 heavy (non-hydrogen) atoms. The molecular formula is C10H7BrO4S. The summed E-state index contributed by atoms with van der Waals surface area (Å²) in [6.45, 7) is 0. The second-order valence-corrected chi connectivity index (χ2v) is 5.96. The Labute approximate surface area is 101 Å². The summed E-state index contributed by atoms with van der Waals surface area (Å²) in [5.74, 6) is -1.05. The quantitative estimate of drug-likeness (QED) is 0.907. The first-order chi connectivity index (χ1) is 7.42. The van der Waals surface area contributed by atoms with E-state index in [0.717, 1.165) is 5.41 Å². The Bertz CT molecular complexity index is 601. The summed E-state index contributed by atoms with van der Waals surface area (Å²) in [6.07, 6.45) is -0.289. The number of hydrogen-bond donors (Lipinski definition) is 1. The fraction of sp³-hybridized carbons (Fsp3) is 0.100. The van der Waals surface area contributed by atoms with Gasteiger partial charge in [0.15, 0.2) is 0 Å². The normalized spacial score (nSPS) is 16.7. The Morgan fingerprint density at radius 3 is 2.69 bits per heavy atom. The average molecular weight is 303 g/mol. The van der Waals surface area contributed by atoms with Crippen molar-refractivity contribution in [2.75, 3.05) is 0 Å².